The molecule has 2 aromatic heterocycles. The maximum atomic E-state index is 14.0. The van der Waals surface area contributed by atoms with Gasteiger partial charge in [0.05, 0.1) is 56.7 Å². The highest BCUT2D eigenvalue weighted by atomic mass is 19.3. The molecule has 4 amide bonds. The number of halogens is 2. The van der Waals surface area contributed by atoms with Gasteiger partial charge in [-0.05, 0) is 95.4 Å². The van der Waals surface area contributed by atoms with Crippen LogP contribution < -0.4 is 10.6 Å². The summed E-state index contributed by atoms with van der Waals surface area (Å²) in [6, 6.07) is 18.4. The summed E-state index contributed by atoms with van der Waals surface area (Å²) < 4.78 is 39.5. The number of hydrogen-bond acceptors (Lipinski definition) is 9. The number of benzene rings is 3. The third-order valence-electron chi connectivity index (χ3n) is 13.9. The zero-order chi connectivity index (χ0) is 45.6. The van der Waals surface area contributed by atoms with Crippen LogP contribution in [0.4, 0.5) is 18.4 Å². The molecule has 2 saturated heterocycles. The molecule has 0 unspecified atom stereocenters. The maximum absolute atomic E-state index is 14.0. The Morgan fingerprint density at radius 1 is 0.800 bits per heavy atom. The van der Waals surface area contributed by atoms with Crippen molar-refractivity contribution in [1.82, 2.24) is 40.4 Å². The Kier molecular flexibility index (Phi) is 12.1. The second-order valence-electron chi connectivity index (χ2n) is 18.3. The molecule has 0 radical (unpaired) electrons. The van der Waals surface area contributed by atoms with Gasteiger partial charge in [0.2, 0.25) is 11.8 Å². The van der Waals surface area contributed by atoms with Crippen LogP contribution in [0.25, 0.3) is 44.4 Å². The van der Waals surface area contributed by atoms with Gasteiger partial charge in [0.15, 0.2) is 0 Å². The molecule has 6 atom stereocenters. The van der Waals surface area contributed by atoms with Crippen molar-refractivity contribution in [3.8, 4) is 33.6 Å². The van der Waals surface area contributed by atoms with Gasteiger partial charge in [-0.15, -0.1) is 0 Å². The number of carbonyl (C=O) groups excluding carboxylic acids is 4. The van der Waals surface area contributed by atoms with Crippen LogP contribution >= 0.6 is 0 Å². The summed E-state index contributed by atoms with van der Waals surface area (Å²) in [7, 11) is 2.47. The van der Waals surface area contributed by atoms with E-state index in [1.807, 2.05) is 37.1 Å². The van der Waals surface area contributed by atoms with Crippen molar-refractivity contribution in [2.75, 3.05) is 27.4 Å². The highest BCUT2D eigenvalue weighted by Gasteiger charge is 2.55. The Morgan fingerprint density at radius 2 is 1.42 bits per heavy atom. The summed E-state index contributed by atoms with van der Waals surface area (Å²) in [5.74, 6) is 0.915. The number of rotatable bonds is 14. The molecule has 342 valence electrons. The lowest BCUT2D eigenvalue weighted by Gasteiger charge is -2.36. The van der Waals surface area contributed by atoms with E-state index in [0.29, 0.717) is 12.4 Å². The predicted octanol–water partition coefficient (Wildman–Crippen LogP) is 8.13. The number of nitrogens with one attached hydrogen (secondary N) is 4. The van der Waals surface area contributed by atoms with Crippen molar-refractivity contribution in [3.05, 3.63) is 84.7 Å². The van der Waals surface area contributed by atoms with Crippen LogP contribution in [0.15, 0.2) is 73.1 Å². The van der Waals surface area contributed by atoms with Gasteiger partial charge in [-0.1, -0.05) is 62.4 Å². The number of ether oxygens (including phenoxy) is 3. The summed E-state index contributed by atoms with van der Waals surface area (Å²) in [6.07, 6.45) is 7.49. The zero-order valence-electron chi connectivity index (χ0n) is 36.8. The Hall–Kier alpha value is -6.36. The number of imidazole rings is 2. The number of hydrogen-bond donors (Lipinski definition) is 4. The molecule has 4 aliphatic rings. The molecular weight excluding hydrogens is 839 g/mol. The second kappa shape index (κ2) is 17.9. The van der Waals surface area contributed by atoms with Crippen molar-refractivity contribution in [2.45, 2.75) is 95.6 Å². The van der Waals surface area contributed by atoms with E-state index in [-0.39, 0.29) is 53.6 Å². The smallest absolute Gasteiger partial charge is 0.407 e. The minimum absolute atomic E-state index is 0.0560. The number of aromatic nitrogens is 4. The van der Waals surface area contributed by atoms with Crippen LogP contribution in [-0.2, 0) is 23.8 Å². The number of alkyl halides is 2. The molecule has 1 spiro atoms. The lowest BCUT2D eigenvalue weighted by atomic mass is 9.97. The Balaban J connectivity index is 0.883. The molecular formula is C48H54F2N8O7. The Bertz CT molecular complexity index is 2570. The van der Waals surface area contributed by atoms with E-state index >= 15 is 0 Å². The molecule has 2 saturated carbocycles. The molecule has 4 heterocycles. The summed E-state index contributed by atoms with van der Waals surface area (Å²) in [5, 5.41) is 7.39. The Morgan fingerprint density at radius 3 is 2.09 bits per heavy atom. The predicted molar refractivity (Wildman–Crippen MR) is 236 cm³/mol. The van der Waals surface area contributed by atoms with Crippen molar-refractivity contribution in [1.29, 1.82) is 0 Å². The van der Waals surface area contributed by atoms with Gasteiger partial charge in [0, 0.05) is 24.6 Å². The van der Waals surface area contributed by atoms with Crippen molar-refractivity contribution in [3.63, 3.8) is 0 Å². The number of piperidine rings is 1. The van der Waals surface area contributed by atoms with Crippen molar-refractivity contribution < 1.29 is 42.2 Å². The molecule has 2 bridgehead atoms. The molecule has 4 N–H and O–H groups in total. The molecule has 15 nitrogen and oxygen atoms in total. The van der Waals surface area contributed by atoms with Crippen LogP contribution in [0.2, 0.25) is 0 Å². The summed E-state index contributed by atoms with van der Waals surface area (Å²) in [4.78, 5) is 72.3. The number of amides is 4. The fraction of sp³-hybridized carbons (Fsp3) is 0.458. The molecule has 65 heavy (non-hydrogen) atoms. The van der Waals surface area contributed by atoms with E-state index in [4.69, 9.17) is 19.4 Å². The number of carbonyl (C=O) groups is 4. The van der Waals surface area contributed by atoms with Gasteiger partial charge in [-0.2, -0.15) is 8.78 Å². The minimum Gasteiger partial charge on any atom is -0.453 e. The normalized spacial score (nSPS) is 21.6. The molecule has 3 aromatic carbocycles. The third kappa shape index (κ3) is 8.89. The topological polar surface area (TPSA) is 184 Å². The van der Waals surface area contributed by atoms with Crippen LogP contribution in [-0.4, -0.2) is 106 Å². The van der Waals surface area contributed by atoms with Gasteiger partial charge in [0.25, 0.3) is 0 Å². The fourth-order valence-corrected chi connectivity index (χ4v) is 10.2. The lowest BCUT2D eigenvalue weighted by Crippen LogP contribution is -2.52. The standard InChI is InChI=1S/C48H54F2N8O7/c1-26(2)39(56-47(62)64-4)44(60)57-25-48(16-17-48)22-38(57)41-51-24-37(53-41)32-12-11-30-19-29(9-10-31(30)20-32)27-5-7-28(8-6-27)36-23-52-42(54-36)40-33-13-14-34(21-33)58(40)43(59)35(55-46(61)63-3)15-18-65-45(49)50/h5-12,19-20,23-24,26,33-35,38-40,45H,13-18,21-22,25H2,1-4H3,(H,51,53)(H,52,54)(H,55,61)(H,56,62)/t33-,34+,35-,38-,39-,40-/m0/s1. The van der Waals surface area contributed by atoms with Crippen molar-refractivity contribution in [2.24, 2.45) is 17.3 Å². The number of H-pyrrole nitrogens is 2. The van der Waals surface area contributed by atoms with Crippen molar-refractivity contribution >= 4 is 34.8 Å². The lowest BCUT2D eigenvalue weighted by molar-refractivity contribution is -0.144. The van der Waals surface area contributed by atoms with E-state index < -0.39 is 37.5 Å². The third-order valence-corrected chi connectivity index (χ3v) is 13.9. The average molecular weight is 893 g/mol. The monoisotopic (exact) mass is 892 g/mol. The number of likely N-dealkylation sites (tertiary alicyclic amines) is 2. The van der Waals surface area contributed by atoms with E-state index in [2.05, 4.69) is 73.9 Å². The minimum atomic E-state index is -2.99. The number of aromatic amines is 2. The summed E-state index contributed by atoms with van der Waals surface area (Å²) in [5.41, 5.74) is 5.74. The Labute approximate surface area is 375 Å². The molecule has 9 rings (SSSR count). The molecule has 5 aromatic rings. The number of nitrogens with zero attached hydrogens (tertiary/aromatic N) is 4. The first kappa shape index (κ1) is 43.9. The largest absolute Gasteiger partial charge is 0.453 e. The highest BCUT2D eigenvalue weighted by Crippen LogP contribution is 2.58. The van der Waals surface area contributed by atoms with Crippen LogP contribution in [0.1, 0.15) is 82.5 Å². The molecule has 2 aliphatic carbocycles. The summed E-state index contributed by atoms with van der Waals surface area (Å²) in [6.45, 7) is 1.07. The number of alkyl carbamates (subject to hydrolysis) is 2. The molecule has 17 heteroatoms. The molecule has 4 fully saturated rings. The maximum Gasteiger partial charge on any atom is 0.407 e. The van der Waals surface area contributed by atoms with Crippen LogP contribution in [0, 0.1) is 17.3 Å². The summed E-state index contributed by atoms with van der Waals surface area (Å²) >= 11 is 0. The van der Waals surface area contributed by atoms with E-state index in [0.717, 1.165) is 88.8 Å². The first-order chi connectivity index (χ1) is 31.3. The van der Waals surface area contributed by atoms with Gasteiger partial charge in [0.1, 0.15) is 23.7 Å². The first-order valence-electron chi connectivity index (χ1n) is 22.3. The second-order valence-corrected chi connectivity index (χ2v) is 18.3. The van der Waals surface area contributed by atoms with Gasteiger partial charge in [-0.25, -0.2) is 19.6 Å². The number of fused-ring (bicyclic) bond motifs is 3. The highest BCUT2D eigenvalue weighted by molar-refractivity contribution is 5.91. The quantitative estimate of drug-likeness (QED) is 0.0855. The number of methoxy groups -OCH3 is 2. The first-order valence-corrected chi connectivity index (χ1v) is 22.3. The zero-order valence-corrected chi connectivity index (χ0v) is 36.8. The SMILES string of the molecule is COC(=O)N[C@@H](CCOC(F)F)C(=O)N1[C@@H]2CC[C@@H](C2)[C@H]1c1ncc(-c2ccc(-c3ccc4cc(-c5cnc([C@@H]6CC7(CC7)CN6C(=O)[C@@H](NC(=O)OC)C(C)C)[nH]5)ccc4c3)cc2)[nH]1. The van der Waals surface area contributed by atoms with Crippen LogP contribution in [0.3, 0.4) is 0 Å². The van der Waals surface area contributed by atoms with Crippen LogP contribution in [0.5, 0.6) is 0 Å². The van der Waals surface area contributed by atoms with Gasteiger partial charge in [-0.3, -0.25) is 9.59 Å². The van der Waals surface area contributed by atoms with E-state index in [9.17, 15) is 28.0 Å². The average Bonchev–Trinajstić information content (AvgIpc) is 3.94. The fourth-order valence-electron chi connectivity index (χ4n) is 10.2. The van der Waals surface area contributed by atoms with Gasteiger partial charge >= 0.3 is 18.8 Å². The van der Waals surface area contributed by atoms with Gasteiger partial charge < -0.3 is 44.6 Å². The van der Waals surface area contributed by atoms with E-state index in [1.165, 1.54) is 14.2 Å². The molecule has 2 aliphatic heterocycles. The van der Waals surface area contributed by atoms with E-state index in [1.54, 1.807) is 11.1 Å².